The first-order valence-electron chi connectivity index (χ1n) is 6.55. The molecule has 0 bridgehead atoms. The molecule has 4 rings (SSSR count). The van der Waals surface area contributed by atoms with E-state index in [0.29, 0.717) is 0 Å². The van der Waals surface area contributed by atoms with Crippen LogP contribution in [0.2, 0.25) is 0 Å². The fourth-order valence-corrected chi connectivity index (χ4v) is 3.00. The first-order valence-corrected chi connectivity index (χ1v) is 6.55. The molecule has 0 atom stereocenters. The lowest BCUT2D eigenvalue weighted by molar-refractivity contribution is 0.666. The largest absolute Gasteiger partial charge is 0.456 e. The van der Waals surface area contributed by atoms with Crippen molar-refractivity contribution >= 4 is 32.7 Å². The van der Waals surface area contributed by atoms with E-state index in [1.165, 1.54) is 32.7 Å². The van der Waals surface area contributed by atoms with E-state index >= 15 is 0 Å². The van der Waals surface area contributed by atoms with Crippen LogP contribution in [0.5, 0.6) is 0 Å². The maximum Gasteiger partial charge on any atom is 0.138 e. The molecule has 4 aromatic rings. The molecule has 19 heavy (non-hydrogen) atoms. The summed E-state index contributed by atoms with van der Waals surface area (Å²) in [5, 5.41) is 4.99. The van der Waals surface area contributed by atoms with Crippen molar-refractivity contribution in [3.05, 3.63) is 59.7 Å². The van der Waals surface area contributed by atoms with Crippen LogP contribution in [-0.2, 0) is 0 Å². The highest BCUT2D eigenvalue weighted by Gasteiger charge is 2.12. The van der Waals surface area contributed by atoms with Crippen molar-refractivity contribution in [2.45, 2.75) is 13.8 Å². The Bertz CT molecular complexity index is 929. The number of aryl methyl sites for hydroxylation is 2. The van der Waals surface area contributed by atoms with Crippen LogP contribution in [0.3, 0.4) is 0 Å². The van der Waals surface area contributed by atoms with Gasteiger partial charge in [0.25, 0.3) is 0 Å². The van der Waals surface area contributed by atoms with E-state index in [-0.39, 0.29) is 0 Å². The zero-order valence-corrected chi connectivity index (χ0v) is 11.0. The van der Waals surface area contributed by atoms with Gasteiger partial charge in [0, 0.05) is 10.8 Å². The Morgan fingerprint density at radius 3 is 2.58 bits per heavy atom. The summed E-state index contributed by atoms with van der Waals surface area (Å²) in [6.45, 7) is 4.25. The third kappa shape index (κ3) is 1.42. The van der Waals surface area contributed by atoms with E-state index in [0.717, 1.165) is 11.2 Å². The van der Waals surface area contributed by atoms with Crippen molar-refractivity contribution in [3.63, 3.8) is 0 Å². The first kappa shape index (κ1) is 10.6. The standard InChI is InChI=1S/C18H14O/c1-11-9-12(2)18-15(10-11)17-14-6-4-3-5-13(14)7-8-16(17)19-18/h3-10H,1-2H3. The molecule has 0 N–H and O–H groups in total. The van der Waals surface area contributed by atoms with Gasteiger partial charge in [-0.1, -0.05) is 36.4 Å². The Labute approximate surface area is 111 Å². The lowest BCUT2D eigenvalue weighted by Crippen LogP contribution is -1.78. The van der Waals surface area contributed by atoms with Gasteiger partial charge >= 0.3 is 0 Å². The number of furan rings is 1. The predicted octanol–water partition coefficient (Wildman–Crippen LogP) is 5.36. The van der Waals surface area contributed by atoms with E-state index in [4.69, 9.17) is 4.42 Å². The second kappa shape index (κ2) is 3.61. The van der Waals surface area contributed by atoms with E-state index in [1.807, 2.05) is 0 Å². The minimum Gasteiger partial charge on any atom is -0.456 e. The molecule has 1 heteroatoms. The van der Waals surface area contributed by atoms with Gasteiger partial charge in [-0.15, -0.1) is 0 Å². The van der Waals surface area contributed by atoms with E-state index in [2.05, 4.69) is 62.4 Å². The molecule has 1 nitrogen and oxygen atoms in total. The van der Waals surface area contributed by atoms with Gasteiger partial charge in [-0.25, -0.2) is 0 Å². The minimum absolute atomic E-state index is 0.974. The highest BCUT2D eigenvalue weighted by atomic mass is 16.3. The molecule has 0 radical (unpaired) electrons. The summed E-state index contributed by atoms with van der Waals surface area (Å²) in [4.78, 5) is 0. The quantitative estimate of drug-likeness (QED) is 0.407. The molecule has 0 unspecified atom stereocenters. The Hall–Kier alpha value is -2.28. The number of hydrogen-bond donors (Lipinski definition) is 0. The maximum atomic E-state index is 6.05. The third-order valence-corrected chi connectivity index (χ3v) is 3.79. The van der Waals surface area contributed by atoms with E-state index < -0.39 is 0 Å². The molecule has 0 aliphatic heterocycles. The zero-order valence-electron chi connectivity index (χ0n) is 11.0. The van der Waals surface area contributed by atoms with Crippen LogP contribution >= 0.6 is 0 Å². The minimum atomic E-state index is 0.974. The lowest BCUT2D eigenvalue weighted by Gasteiger charge is -2.00. The molecule has 0 spiro atoms. The highest BCUT2D eigenvalue weighted by Crippen LogP contribution is 2.36. The van der Waals surface area contributed by atoms with Gasteiger partial charge < -0.3 is 4.42 Å². The summed E-state index contributed by atoms with van der Waals surface area (Å²) >= 11 is 0. The predicted molar refractivity (Wildman–Crippen MR) is 80.7 cm³/mol. The number of benzene rings is 3. The Kier molecular flexibility index (Phi) is 2.02. The van der Waals surface area contributed by atoms with Gasteiger partial charge in [-0.05, 0) is 47.9 Å². The van der Waals surface area contributed by atoms with Crippen LogP contribution in [0, 0.1) is 13.8 Å². The smallest absolute Gasteiger partial charge is 0.138 e. The van der Waals surface area contributed by atoms with Crippen LogP contribution in [0.4, 0.5) is 0 Å². The molecule has 0 amide bonds. The van der Waals surface area contributed by atoms with Gasteiger partial charge in [-0.2, -0.15) is 0 Å². The van der Waals surface area contributed by atoms with Crippen LogP contribution in [-0.4, -0.2) is 0 Å². The molecule has 0 saturated heterocycles. The fourth-order valence-electron chi connectivity index (χ4n) is 3.00. The monoisotopic (exact) mass is 246 g/mol. The van der Waals surface area contributed by atoms with Crippen molar-refractivity contribution in [1.29, 1.82) is 0 Å². The summed E-state index contributed by atoms with van der Waals surface area (Å²) in [6.07, 6.45) is 0. The maximum absolute atomic E-state index is 6.05. The second-order valence-corrected chi connectivity index (χ2v) is 5.22. The van der Waals surface area contributed by atoms with Gasteiger partial charge in [0.2, 0.25) is 0 Å². The Morgan fingerprint density at radius 1 is 0.842 bits per heavy atom. The van der Waals surface area contributed by atoms with Crippen molar-refractivity contribution < 1.29 is 4.42 Å². The van der Waals surface area contributed by atoms with Gasteiger partial charge in [0.15, 0.2) is 0 Å². The average Bonchev–Trinajstić information content (AvgIpc) is 2.78. The molecule has 0 aliphatic rings. The first-order chi connectivity index (χ1) is 9.24. The summed E-state index contributed by atoms with van der Waals surface area (Å²) < 4.78 is 6.05. The van der Waals surface area contributed by atoms with Crippen LogP contribution in [0.15, 0.2) is 52.9 Å². The normalized spacial score (nSPS) is 11.7. The Balaban J connectivity index is 2.35. The van der Waals surface area contributed by atoms with Gasteiger partial charge in [-0.3, -0.25) is 0 Å². The van der Waals surface area contributed by atoms with E-state index in [9.17, 15) is 0 Å². The molecule has 1 aromatic heterocycles. The SMILES string of the molecule is Cc1cc(C)c2oc3ccc4ccccc4c3c2c1. The summed E-state index contributed by atoms with van der Waals surface area (Å²) in [5.74, 6) is 0. The second-order valence-electron chi connectivity index (χ2n) is 5.22. The van der Waals surface area contributed by atoms with Crippen molar-refractivity contribution in [2.24, 2.45) is 0 Å². The number of fused-ring (bicyclic) bond motifs is 5. The zero-order chi connectivity index (χ0) is 13.0. The van der Waals surface area contributed by atoms with Crippen LogP contribution in [0.25, 0.3) is 32.7 Å². The Morgan fingerprint density at radius 2 is 1.68 bits per heavy atom. The molecule has 0 saturated carbocycles. The fraction of sp³-hybridized carbons (Fsp3) is 0.111. The molecule has 92 valence electrons. The van der Waals surface area contributed by atoms with Crippen LogP contribution in [0.1, 0.15) is 11.1 Å². The topological polar surface area (TPSA) is 13.1 Å². The summed E-state index contributed by atoms with van der Waals surface area (Å²) in [7, 11) is 0. The molecule has 0 fully saturated rings. The van der Waals surface area contributed by atoms with Crippen molar-refractivity contribution in [2.75, 3.05) is 0 Å². The molecular weight excluding hydrogens is 232 g/mol. The van der Waals surface area contributed by atoms with E-state index in [1.54, 1.807) is 0 Å². The summed E-state index contributed by atoms with van der Waals surface area (Å²) in [6, 6.07) is 17.1. The molecule has 0 aliphatic carbocycles. The van der Waals surface area contributed by atoms with Crippen LogP contribution < -0.4 is 0 Å². The molecule has 3 aromatic carbocycles. The third-order valence-electron chi connectivity index (χ3n) is 3.79. The molecular formula is C18H14O. The highest BCUT2D eigenvalue weighted by molar-refractivity contribution is 6.19. The van der Waals surface area contributed by atoms with Crippen molar-refractivity contribution in [1.82, 2.24) is 0 Å². The average molecular weight is 246 g/mol. The molecule has 1 heterocycles. The van der Waals surface area contributed by atoms with Gasteiger partial charge in [0.05, 0.1) is 0 Å². The summed E-state index contributed by atoms with van der Waals surface area (Å²) in [5.41, 5.74) is 4.47. The number of rotatable bonds is 0. The number of hydrogen-bond acceptors (Lipinski definition) is 1. The van der Waals surface area contributed by atoms with Crippen molar-refractivity contribution in [3.8, 4) is 0 Å². The van der Waals surface area contributed by atoms with Gasteiger partial charge in [0.1, 0.15) is 11.2 Å². The lowest BCUT2D eigenvalue weighted by atomic mass is 10.0.